The third-order valence-corrected chi connectivity index (χ3v) is 1.80. The standard InChI is InChI=1S/C8H13N3OS/c1-8(2,3)4-7(12)10-6-5-9-13-11-6/h5H,4H2,1-3H3,(H,10,11,12). The monoisotopic (exact) mass is 199 g/mol. The van der Waals surface area contributed by atoms with E-state index < -0.39 is 0 Å². The van der Waals surface area contributed by atoms with Gasteiger partial charge in [-0.1, -0.05) is 20.8 Å². The number of amides is 1. The Balaban J connectivity index is 2.43. The van der Waals surface area contributed by atoms with Crippen molar-refractivity contribution in [1.82, 2.24) is 8.75 Å². The Bertz CT molecular complexity index is 276. The number of anilines is 1. The van der Waals surface area contributed by atoms with Crippen molar-refractivity contribution in [2.75, 3.05) is 5.32 Å². The second-order valence-electron chi connectivity index (χ2n) is 4.08. The summed E-state index contributed by atoms with van der Waals surface area (Å²) in [5, 5.41) is 2.68. The third-order valence-electron chi connectivity index (χ3n) is 1.32. The Labute approximate surface area is 81.7 Å². The molecule has 4 nitrogen and oxygen atoms in total. The number of carbonyl (C=O) groups is 1. The Morgan fingerprint density at radius 2 is 2.31 bits per heavy atom. The zero-order valence-corrected chi connectivity index (χ0v) is 8.81. The highest BCUT2D eigenvalue weighted by Gasteiger charge is 2.16. The molecule has 0 radical (unpaired) electrons. The van der Waals surface area contributed by atoms with Crippen LogP contribution in [0.5, 0.6) is 0 Å². The minimum Gasteiger partial charge on any atom is -0.308 e. The summed E-state index contributed by atoms with van der Waals surface area (Å²) in [4.78, 5) is 11.4. The maximum atomic E-state index is 11.4. The Kier molecular flexibility index (Phi) is 2.98. The molecule has 0 bridgehead atoms. The van der Waals surface area contributed by atoms with Gasteiger partial charge >= 0.3 is 0 Å². The van der Waals surface area contributed by atoms with Gasteiger partial charge in [0.15, 0.2) is 5.82 Å². The molecule has 0 saturated heterocycles. The summed E-state index contributed by atoms with van der Waals surface area (Å²) in [6.45, 7) is 6.06. The molecule has 0 aliphatic rings. The average Bonchev–Trinajstić information content (AvgIpc) is 2.34. The molecular formula is C8H13N3OS. The molecule has 13 heavy (non-hydrogen) atoms. The van der Waals surface area contributed by atoms with E-state index >= 15 is 0 Å². The number of carbonyl (C=O) groups excluding carboxylic acids is 1. The maximum absolute atomic E-state index is 11.4. The zero-order valence-electron chi connectivity index (χ0n) is 8.00. The molecule has 1 aromatic heterocycles. The second kappa shape index (κ2) is 3.83. The lowest BCUT2D eigenvalue weighted by Gasteiger charge is -2.16. The van der Waals surface area contributed by atoms with E-state index in [-0.39, 0.29) is 11.3 Å². The first kappa shape index (κ1) is 10.1. The first-order chi connectivity index (χ1) is 5.97. The average molecular weight is 199 g/mol. The summed E-state index contributed by atoms with van der Waals surface area (Å²) in [6, 6.07) is 0. The van der Waals surface area contributed by atoms with Crippen LogP contribution in [-0.2, 0) is 4.79 Å². The van der Waals surface area contributed by atoms with Crippen LogP contribution in [0.25, 0.3) is 0 Å². The number of nitrogens with one attached hydrogen (secondary N) is 1. The number of nitrogens with zero attached hydrogens (tertiary/aromatic N) is 2. The fourth-order valence-corrected chi connectivity index (χ4v) is 1.26. The van der Waals surface area contributed by atoms with E-state index in [0.717, 1.165) is 11.7 Å². The molecule has 1 aromatic rings. The number of hydrogen-bond acceptors (Lipinski definition) is 4. The summed E-state index contributed by atoms with van der Waals surface area (Å²) in [5.74, 6) is 0.527. The predicted octanol–water partition coefficient (Wildman–Crippen LogP) is 1.91. The molecule has 1 N–H and O–H groups in total. The normalized spacial score (nSPS) is 11.3. The van der Waals surface area contributed by atoms with E-state index in [1.165, 1.54) is 0 Å². The van der Waals surface area contributed by atoms with Crippen molar-refractivity contribution < 1.29 is 4.79 Å². The van der Waals surface area contributed by atoms with Crippen molar-refractivity contribution in [3.63, 3.8) is 0 Å². The number of rotatable bonds is 2. The molecule has 1 amide bonds. The van der Waals surface area contributed by atoms with Crippen molar-refractivity contribution >= 4 is 23.5 Å². The molecule has 1 heterocycles. The highest BCUT2D eigenvalue weighted by atomic mass is 32.1. The highest BCUT2D eigenvalue weighted by Crippen LogP contribution is 2.18. The molecule has 5 heteroatoms. The van der Waals surface area contributed by atoms with Crippen LogP contribution in [0.2, 0.25) is 0 Å². The molecule has 72 valence electrons. The first-order valence-electron chi connectivity index (χ1n) is 4.05. The van der Waals surface area contributed by atoms with Gasteiger partial charge in [0.2, 0.25) is 5.91 Å². The molecule has 0 fully saturated rings. The summed E-state index contributed by atoms with van der Waals surface area (Å²) in [7, 11) is 0. The number of aromatic nitrogens is 2. The smallest absolute Gasteiger partial charge is 0.226 e. The summed E-state index contributed by atoms with van der Waals surface area (Å²) in [5.41, 5.74) is 0.00747. The molecule has 0 aliphatic carbocycles. The molecule has 0 unspecified atom stereocenters. The topological polar surface area (TPSA) is 54.9 Å². The quantitative estimate of drug-likeness (QED) is 0.791. The van der Waals surface area contributed by atoms with Gasteiger partial charge in [-0.05, 0) is 5.41 Å². The van der Waals surface area contributed by atoms with Crippen molar-refractivity contribution in [2.24, 2.45) is 5.41 Å². The minimum atomic E-state index is -0.0137. The number of hydrogen-bond donors (Lipinski definition) is 1. The lowest BCUT2D eigenvalue weighted by Crippen LogP contribution is -2.19. The molecule has 1 rings (SSSR count). The lowest BCUT2D eigenvalue weighted by molar-refractivity contribution is -0.117. The largest absolute Gasteiger partial charge is 0.308 e. The van der Waals surface area contributed by atoms with Gasteiger partial charge in [-0.25, -0.2) is 0 Å². The van der Waals surface area contributed by atoms with Crippen LogP contribution >= 0.6 is 11.7 Å². The Morgan fingerprint density at radius 1 is 1.62 bits per heavy atom. The van der Waals surface area contributed by atoms with Gasteiger partial charge in [-0.2, -0.15) is 8.75 Å². The van der Waals surface area contributed by atoms with Crippen LogP contribution in [0.1, 0.15) is 27.2 Å². The van der Waals surface area contributed by atoms with Gasteiger partial charge in [0.25, 0.3) is 0 Å². The van der Waals surface area contributed by atoms with Crippen molar-refractivity contribution in [3.8, 4) is 0 Å². The minimum absolute atomic E-state index is 0.00747. The van der Waals surface area contributed by atoms with E-state index in [9.17, 15) is 4.79 Å². The fourth-order valence-electron chi connectivity index (χ4n) is 0.888. The fraction of sp³-hybridized carbons (Fsp3) is 0.625. The summed E-state index contributed by atoms with van der Waals surface area (Å²) < 4.78 is 7.67. The molecular weight excluding hydrogens is 186 g/mol. The van der Waals surface area contributed by atoms with E-state index in [2.05, 4.69) is 14.1 Å². The third kappa shape index (κ3) is 3.98. The van der Waals surface area contributed by atoms with Crippen molar-refractivity contribution in [3.05, 3.63) is 6.20 Å². The van der Waals surface area contributed by atoms with Crippen LogP contribution in [0.4, 0.5) is 5.82 Å². The van der Waals surface area contributed by atoms with Gasteiger partial charge in [0.05, 0.1) is 17.9 Å². The van der Waals surface area contributed by atoms with Gasteiger partial charge in [0, 0.05) is 6.42 Å². The molecule has 0 aliphatic heterocycles. The van der Waals surface area contributed by atoms with E-state index in [4.69, 9.17) is 0 Å². The van der Waals surface area contributed by atoms with Crippen molar-refractivity contribution in [1.29, 1.82) is 0 Å². The van der Waals surface area contributed by atoms with Gasteiger partial charge in [0.1, 0.15) is 0 Å². The molecule has 0 aromatic carbocycles. The van der Waals surface area contributed by atoms with E-state index in [0.29, 0.717) is 12.2 Å². The summed E-state index contributed by atoms with van der Waals surface area (Å²) >= 11 is 1.08. The molecule has 0 saturated carbocycles. The van der Waals surface area contributed by atoms with E-state index in [1.807, 2.05) is 20.8 Å². The highest BCUT2D eigenvalue weighted by molar-refractivity contribution is 6.99. The van der Waals surface area contributed by atoms with Gasteiger partial charge in [-0.3, -0.25) is 4.79 Å². The first-order valence-corrected chi connectivity index (χ1v) is 4.78. The van der Waals surface area contributed by atoms with Crippen LogP contribution in [-0.4, -0.2) is 14.7 Å². The van der Waals surface area contributed by atoms with Crippen LogP contribution in [0.15, 0.2) is 6.20 Å². The SMILES string of the molecule is CC(C)(C)CC(=O)Nc1cnsn1. The van der Waals surface area contributed by atoms with Crippen LogP contribution in [0.3, 0.4) is 0 Å². The predicted molar refractivity (Wildman–Crippen MR) is 52.6 cm³/mol. The Morgan fingerprint density at radius 3 is 2.77 bits per heavy atom. The second-order valence-corrected chi connectivity index (χ2v) is 4.63. The van der Waals surface area contributed by atoms with Gasteiger partial charge in [-0.15, -0.1) is 0 Å². The zero-order chi connectivity index (χ0) is 9.90. The molecule has 0 spiro atoms. The Hall–Kier alpha value is -0.970. The molecule has 0 atom stereocenters. The lowest BCUT2D eigenvalue weighted by atomic mass is 9.92. The van der Waals surface area contributed by atoms with Crippen molar-refractivity contribution in [2.45, 2.75) is 27.2 Å². The van der Waals surface area contributed by atoms with Crippen LogP contribution < -0.4 is 5.32 Å². The van der Waals surface area contributed by atoms with Crippen LogP contribution in [0, 0.1) is 5.41 Å². The van der Waals surface area contributed by atoms with Gasteiger partial charge < -0.3 is 5.32 Å². The van der Waals surface area contributed by atoms with E-state index in [1.54, 1.807) is 6.20 Å². The summed E-state index contributed by atoms with van der Waals surface area (Å²) in [6.07, 6.45) is 2.04. The maximum Gasteiger partial charge on any atom is 0.226 e.